The summed E-state index contributed by atoms with van der Waals surface area (Å²) in [6, 6.07) is 4.96. The summed E-state index contributed by atoms with van der Waals surface area (Å²) >= 11 is 6.35. The number of carbonyl (C=O) groups is 1. The van der Waals surface area contributed by atoms with Crippen LogP contribution in [0.2, 0.25) is 5.02 Å². The van der Waals surface area contributed by atoms with Crippen molar-refractivity contribution in [2.45, 2.75) is 13.3 Å². The molecule has 7 nitrogen and oxygen atoms in total. The lowest BCUT2D eigenvalue weighted by Gasteiger charge is -2.16. The summed E-state index contributed by atoms with van der Waals surface area (Å²) in [5, 5.41) is 3.08. The van der Waals surface area contributed by atoms with Crippen molar-refractivity contribution >= 4 is 28.9 Å². The molecule has 138 valence electrons. The summed E-state index contributed by atoms with van der Waals surface area (Å²) in [5.74, 6) is 0.112. The lowest BCUT2D eigenvalue weighted by atomic mass is 9.98. The SMILES string of the molecule is CCCNC(=O)/C(N)=C(\N)c1ccc(Cl)c(-c2cnccc2OC)c1N. The summed E-state index contributed by atoms with van der Waals surface area (Å²) in [6.45, 7) is 2.44. The van der Waals surface area contributed by atoms with Crippen LogP contribution in [0.15, 0.2) is 36.3 Å². The average molecular weight is 376 g/mol. The van der Waals surface area contributed by atoms with Gasteiger partial charge in [-0.2, -0.15) is 0 Å². The van der Waals surface area contributed by atoms with E-state index in [0.717, 1.165) is 6.42 Å². The van der Waals surface area contributed by atoms with Gasteiger partial charge < -0.3 is 27.3 Å². The zero-order valence-corrected chi connectivity index (χ0v) is 15.4. The fourth-order valence-corrected chi connectivity index (χ4v) is 2.72. The summed E-state index contributed by atoms with van der Waals surface area (Å²) in [6.07, 6.45) is 3.98. The number of aromatic nitrogens is 1. The van der Waals surface area contributed by atoms with Crippen LogP contribution in [0.25, 0.3) is 16.8 Å². The summed E-state index contributed by atoms with van der Waals surface area (Å²) < 4.78 is 5.35. The zero-order valence-electron chi connectivity index (χ0n) is 14.7. The highest BCUT2D eigenvalue weighted by Gasteiger charge is 2.19. The standard InChI is InChI=1S/C18H22ClN5O2/c1-3-7-24-18(25)17(22)16(21)10-4-5-12(19)14(15(10)20)11-9-23-8-6-13(11)26-2/h4-6,8-9H,3,7,20-22H2,1-2H3,(H,24,25)/b17-16+. The van der Waals surface area contributed by atoms with Gasteiger partial charge in [-0.25, -0.2) is 0 Å². The smallest absolute Gasteiger partial charge is 0.269 e. The monoisotopic (exact) mass is 375 g/mol. The third-order valence-corrected chi connectivity index (χ3v) is 4.14. The Bertz CT molecular complexity index is 851. The van der Waals surface area contributed by atoms with Gasteiger partial charge in [-0.15, -0.1) is 0 Å². The van der Waals surface area contributed by atoms with Crippen LogP contribution in [0.1, 0.15) is 18.9 Å². The predicted octanol–water partition coefficient (Wildman–Crippen LogP) is 2.11. The molecule has 1 amide bonds. The van der Waals surface area contributed by atoms with Gasteiger partial charge in [0.2, 0.25) is 0 Å². The van der Waals surface area contributed by atoms with Crippen molar-refractivity contribution in [1.29, 1.82) is 0 Å². The number of halogens is 1. The Hall–Kier alpha value is -2.93. The molecule has 0 aliphatic carbocycles. The number of methoxy groups -OCH3 is 1. The minimum atomic E-state index is -0.445. The molecule has 26 heavy (non-hydrogen) atoms. The number of pyridine rings is 1. The quantitative estimate of drug-likeness (QED) is 0.452. The van der Waals surface area contributed by atoms with Crippen molar-refractivity contribution in [3.8, 4) is 16.9 Å². The third kappa shape index (κ3) is 3.83. The van der Waals surface area contributed by atoms with Crippen LogP contribution in [0, 0.1) is 0 Å². The highest BCUT2D eigenvalue weighted by Crippen LogP contribution is 2.41. The van der Waals surface area contributed by atoms with Crippen molar-refractivity contribution in [2.24, 2.45) is 11.5 Å². The number of rotatable bonds is 6. The number of hydrogen-bond donors (Lipinski definition) is 4. The van der Waals surface area contributed by atoms with Gasteiger partial charge >= 0.3 is 0 Å². The Morgan fingerprint density at radius 3 is 2.69 bits per heavy atom. The van der Waals surface area contributed by atoms with E-state index in [1.165, 1.54) is 7.11 Å². The maximum Gasteiger partial charge on any atom is 0.269 e. The molecule has 0 spiro atoms. The molecule has 0 saturated carbocycles. The van der Waals surface area contributed by atoms with Crippen molar-refractivity contribution in [3.05, 3.63) is 46.9 Å². The van der Waals surface area contributed by atoms with Gasteiger partial charge in [0.1, 0.15) is 11.4 Å². The van der Waals surface area contributed by atoms with Crippen molar-refractivity contribution < 1.29 is 9.53 Å². The zero-order chi connectivity index (χ0) is 19.3. The van der Waals surface area contributed by atoms with Crippen LogP contribution >= 0.6 is 11.6 Å². The van der Waals surface area contributed by atoms with Crippen molar-refractivity contribution in [1.82, 2.24) is 10.3 Å². The maximum absolute atomic E-state index is 12.1. The molecule has 1 aromatic heterocycles. The van der Waals surface area contributed by atoms with E-state index in [1.54, 1.807) is 30.6 Å². The molecule has 2 rings (SSSR count). The first kappa shape index (κ1) is 19.4. The second-order valence-electron chi connectivity index (χ2n) is 5.54. The molecular weight excluding hydrogens is 354 g/mol. The van der Waals surface area contributed by atoms with Gasteiger partial charge in [-0.05, 0) is 24.6 Å². The van der Waals surface area contributed by atoms with E-state index >= 15 is 0 Å². The van der Waals surface area contributed by atoms with Crippen LogP contribution in [0.5, 0.6) is 5.75 Å². The van der Waals surface area contributed by atoms with Gasteiger partial charge in [0.15, 0.2) is 0 Å². The van der Waals surface area contributed by atoms with Gasteiger partial charge in [0, 0.05) is 35.6 Å². The first-order chi connectivity index (χ1) is 12.4. The van der Waals surface area contributed by atoms with Crippen molar-refractivity contribution in [3.63, 3.8) is 0 Å². The Balaban J connectivity index is 2.58. The normalized spacial score (nSPS) is 11.7. The number of carbonyl (C=O) groups excluding carboxylic acids is 1. The number of hydrogen-bond acceptors (Lipinski definition) is 6. The van der Waals surface area contributed by atoms with Crippen LogP contribution in [0.4, 0.5) is 5.69 Å². The first-order valence-electron chi connectivity index (χ1n) is 8.02. The number of nitrogens with one attached hydrogen (secondary N) is 1. The molecule has 0 radical (unpaired) electrons. The summed E-state index contributed by atoms with van der Waals surface area (Å²) in [4.78, 5) is 16.2. The number of benzene rings is 1. The van der Waals surface area contributed by atoms with Crippen LogP contribution in [-0.4, -0.2) is 24.5 Å². The van der Waals surface area contributed by atoms with Crippen molar-refractivity contribution in [2.75, 3.05) is 19.4 Å². The highest BCUT2D eigenvalue weighted by molar-refractivity contribution is 6.34. The predicted molar refractivity (Wildman–Crippen MR) is 104 cm³/mol. The number of amides is 1. The number of nitrogens with two attached hydrogens (primary N) is 3. The molecule has 1 heterocycles. The first-order valence-corrected chi connectivity index (χ1v) is 8.40. The number of anilines is 1. The second-order valence-corrected chi connectivity index (χ2v) is 5.95. The number of nitrogens with zero attached hydrogens (tertiary/aromatic N) is 1. The van der Waals surface area contributed by atoms with Crippen LogP contribution in [0.3, 0.4) is 0 Å². The van der Waals surface area contributed by atoms with Crippen LogP contribution < -0.4 is 27.3 Å². The van der Waals surface area contributed by atoms with E-state index in [-0.39, 0.29) is 17.1 Å². The minimum Gasteiger partial charge on any atom is -0.496 e. The summed E-state index contributed by atoms with van der Waals surface area (Å²) in [5.41, 5.74) is 20.1. The molecular formula is C18H22ClN5O2. The molecule has 2 aromatic rings. The van der Waals surface area contributed by atoms with E-state index in [9.17, 15) is 4.79 Å². The molecule has 1 aromatic carbocycles. The molecule has 0 unspecified atom stereocenters. The molecule has 8 heteroatoms. The Kier molecular flexibility index (Phi) is 6.30. The Labute approximate surface area is 157 Å². The molecule has 0 fully saturated rings. The van der Waals surface area contributed by atoms with E-state index in [0.29, 0.717) is 34.0 Å². The van der Waals surface area contributed by atoms with Gasteiger partial charge in [0.25, 0.3) is 5.91 Å². The fraction of sp³-hybridized carbons (Fsp3) is 0.222. The van der Waals surface area contributed by atoms with Gasteiger partial charge in [-0.3, -0.25) is 9.78 Å². The fourth-order valence-electron chi connectivity index (χ4n) is 2.45. The molecule has 0 atom stereocenters. The van der Waals surface area contributed by atoms with Crippen LogP contribution in [-0.2, 0) is 4.79 Å². The lowest BCUT2D eigenvalue weighted by molar-refractivity contribution is -0.117. The van der Waals surface area contributed by atoms with E-state index < -0.39 is 5.91 Å². The molecule has 7 N–H and O–H groups in total. The highest BCUT2D eigenvalue weighted by atomic mass is 35.5. The van der Waals surface area contributed by atoms with E-state index in [4.69, 9.17) is 33.5 Å². The van der Waals surface area contributed by atoms with E-state index in [2.05, 4.69) is 10.3 Å². The minimum absolute atomic E-state index is 0.0804. The number of nitrogen functional groups attached to an aromatic ring is 1. The maximum atomic E-state index is 12.1. The van der Waals surface area contributed by atoms with Gasteiger partial charge in [-0.1, -0.05) is 18.5 Å². The number of ether oxygens (including phenoxy) is 1. The third-order valence-electron chi connectivity index (χ3n) is 3.83. The summed E-state index contributed by atoms with van der Waals surface area (Å²) in [7, 11) is 1.54. The largest absolute Gasteiger partial charge is 0.496 e. The average Bonchev–Trinajstić information content (AvgIpc) is 2.65. The molecule has 0 saturated heterocycles. The topological polar surface area (TPSA) is 129 Å². The lowest BCUT2D eigenvalue weighted by Crippen LogP contribution is -2.31. The Morgan fingerprint density at radius 2 is 2.04 bits per heavy atom. The second kappa shape index (κ2) is 8.44. The molecule has 0 bridgehead atoms. The van der Waals surface area contributed by atoms with E-state index in [1.807, 2.05) is 6.92 Å². The Morgan fingerprint density at radius 1 is 1.31 bits per heavy atom. The molecule has 0 aliphatic rings. The molecule has 0 aliphatic heterocycles. The van der Waals surface area contributed by atoms with Gasteiger partial charge in [0.05, 0.1) is 23.5 Å².